The van der Waals surface area contributed by atoms with Crippen LogP contribution in [0.5, 0.6) is 5.75 Å². The van der Waals surface area contributed by atoms with E-state index in [-0.39, 0.29) is 5.69 Å². The van der Waals surface area contributed by atoms with Crippen LogP contribution in [0.15, 0.2) is 59.4 Å². The average Bonchev–Trinajstić information content (AvgIpc) is 2.66. The molecule has 0 aliphatic heterocycles. The van der Waals surface area contributed by atoms with Gasteiger partial charge in [0.25, 0.3) is 11.5 Å². The Labute approximate surface area is 159 Å². The van der Waals surface area contributed by atoms with E-state index in [9.17, 15) is 14.0 Å². The SMILES string of the molecule is CCOc1c(Cl)cccc1NC(=O)c1ccc(=O)n(-c2ccc(F)cc2)n1. The molecule has 1 aromatic heterocycles. The number of carbonyl (C=O) groups is 1. The maximum atomic E-state index is 13.1. The molecular formula is C19H15ClFN3O3. The van der Waals surface area contributed by atoms with E-state index in [1.807, 2.05) is 0 Å². The normalized spacial score (nSPS) is 10.5. The van der Waals surface area contributed by atoms with Gasteiger partial charge in [-0.3, -0.25) is 9.59 Å². The van der Waals surface area contributed by atoms with Crippen LogP contribution in [0, 0.1) is 5.82 Å². The molecule has 2 aromatic carbocycles. The Bertz CT molecular complexity index is 1040. The Balaban J connectivity index is 1.92. The lowest BCUT2D eigenvalue weighted by atomic mass is 10.2. The predicted molar refractivity (Wildman–Crippen MR) is 100 cm³/mol. The number of halogens is 2. The Kier molecular flexibility index (Phi) is 5.52. The van der Waals surface area contributed by atoms with Gasteiger partial charge >= 0.3 is 0 Å². The number of carbonyl (C=O) groups excluding carboxylic acids is 1. The highest BCUT2D eigenvalue weighted by Crippen LogP contribution is 2.33. The quantitative estimate of drug-likeness (QED) is 0.724. The van der Waals surface area contributed by atoms with E-state index in [0.717, 1.165) is 4.68 Å². The summed E-state index contributed by atoms with van der Waals surface area (Å²) in [6.07, 6.45) is 0. The molecule has 0 atom stereocenters. The van der Waals surface area contributed by atoms with Crippen molar-refractivity contribution in [1.82, 2.24) is 9.78 Å². The molecule has 8 heteroatoms. The first-order chi connectivity index (χ1) is 13.0. The second kappa shape index (κ2) is 8.01. The molecule has 0 aliphatic carbocycles. The van der Waals surface area contributed by atoms with Gasteiger partial charge in [-0.2, -0.15) is 9.78 Å². The van der Waals surface area contributed by atoms with E-state index in [1.54, 1.807) is 25.1 Å². The summed E-state index contributed by atoms with van der Waals surface area (Å²) in [7, 11) is 0. The highest BCUT2D eigenvalue weighted by atomic mass is 35.5. The van der Waals surface area contributed by atoms with Crippen molar-refractivity contribution in [1.29, 1.82) is 0 Å². The van der Waals surface area contributed by atoms with E-state index >= 15 is 0 Å². The summed E-state index contributed by atoms with van der Waals surface area (Å²) in [5.74, 6) is -0.638. The Morgan fingerprint density at radius 2 is 1.93 bits per heavy atom. The van der Waals surface area contributed by atoms with Crippen molar-refractivity contribution >= 4 is 23.2 Å². The van der Waals surface area contributed by atoms with Gasteiger partial charge in [0.2, 0.25) is 0 Å². The molecule has 0 unspecified atom stereocenters. The molecule has 138 valence electrons. The van der Waals surface area contributed by atoms with E-state index in [2.05, 4.69) is 10.4 Å². The topological polar surface area (TPSA) is 73.2 Å². The average molecular weight is 388 g/mol. The molecule has 1 N–H and O–H groups in total. The van der Waals surface area contributed by atoms with Crippen molar-refractivity contribution in [2.45, 2.75) is 6.92 Å². The molecule has 0 bridgehead atoms. The molecule has 0 aliphatic rings. The molecule has 3 rings (SSSR count). The minimum atomic E-state index is -0.547. The molecule has 0 saturated carbocycles. The third-order valence-corrected chi connectivity index (χ3v) is 3.91. The van der Waals surface area contributed by atoms with Crippen LogP contribution >= 0.6 is 11.6 Å². The number of ether oxygens (including phenoxy) is 1. The van der Waals surface area contributed by atoms with Gasteiger partial charge in [0.05, 0.1) is 23.0 Å². The second-order valence-corrected chi connectivity index (χ2v) is 5.86. The van der Waals surface area contributed by atoms with Gasteiger partial charge in [-0.25, -0.2) is 4.39 Å². The minimum Gasteiger partial charge on any atom is -0.490 e. The fraction of sp³-hybridized carbons (Fsp3) is 0.105. The number of hydrogen-bond acceptors (Lipinski definition) is 4. The molecule has 3 aromatic rings. The van der Waals surface area contributed by atoms with E-state index in [1.165, 1.54) is 36.4 Å². The third kappa shape index (κ3) is 4.15. The number of hydrogen-bond donors (Lipinski definition) is 1. The van der Waals surface area contributed by atoms with Gasteiger partial charge in [0.15, 0.2) is 5.75 Å². The Morgan fingerprint density at radius 3 is 2.63 bits per heavy atom. The zero-order valence-corrected chi connectivity index (χ0v) is 15.0. The van der Waals surface area contributed by atoms with E-state index < -0.39 is 17.3 Å². The van der Waals surface area contributed by atoms with Crippen molar-refractivity contribution in [3.05, 3.63) is 81.5 Å². The number of para-hydroxylation sites is 1. The lowest BCUT2D eigenvalue weighted by molar-refractivity contribution is 0.102. The Morgan fingerprint density at radius 1 is 1.19 bits per heavy atom. The fourth-order valence-corrected chi connectivity index (χ4v) is 2.61. The molecule has 0 spiro atoms. The van der Waals surface area contributed by atoms with E-state index in [0.29, 0.717) is 28.8 Å². The van der Waals surface area contributed by atoms with Crippen LogP contribution in [0.4, 0.5) is 10.1 Å². The molecule has 0 saturated heterocycles. The molecule has 6 nitrogen and oxygen atoms in total. The highest BCUT2D eigenvalue weighted by molar-refractivity contribution is 6.32. The zero-order valence-electron chi connectivity index (χ0n) is 14.3. The van der Waals surface area contributed by atoms with Crippen LogP contribution in [-0.2, 0) is 0 Å². The number of amides is 1. The summed E-state index contributed by atoms with van der Waals surface area (Å²) < 4.78 is 19.6. The van der Waals surface area contributed by atoms with Gasteiger partial charge in [-0.1, -0.05) is 17.7 Å². The first kappa shape index (κ1) is 18.6. The second-order valence-electron chi connectivity index (χ2n) is 5.45. The number of nitrogens with one attached hydrogen (secondary N) is 1. The van der Waals surface area contributed by atoms with Crippen LogP contribution in [0.3, 0.4) is 0 Å². The fourth-order valence-electron chi connectivity index (χ4n) is 2.38. The summed E-state index contributed by atoms with van der Waals surface area (Å²) in [5, 5.41) is 7.10. The molecule has 1 heterocycles. The van der Waals surface area contributed by atoms with Crippen LogP contribution in [0.25, 0.3) is 5.69 Å². The van der Waals surface area contributed by atoms with E-state index in [4.69, 9.17) is 16.3 Å². The van der Waals surface area contributed by atoms with Crippen molar-refractivity contribution in [2.75, 3.05) is 11.9 Å². The molecule has 0 fully saturated rings. The molecule has 0 radical (unpaired) electrons. The summed E-state index contributed by atoms with van der Waals surface area (Å²) in [5.41, 5.74) is 0.279. The standard InChI is InChI=1S/C19H15ClFN3O3/c1-2-27-18-14(20)4-3-5-15(18)22-19(26)16-10-11-17(25)24(23-16)13-8-6-12(21)7-9-13/h3-11H,2H2,1H3,(H,22,26). The molecule has 1 amide bonds. The van der Waals surface area contributed by atoms with Gasteiger partial charge in [-0.05, 0) is 49.4 Å². The first-order valence-electron chi connectivity index (χ1n) is 8.08. The van der Waals surface area contributed by atoms with Gasteiger partial charge < -0.3 is 10.1 Å². The summed E-state index contributed by atoms with van der Waals surface area (Å²) >= 11 is 6.11. The van der Waals surface area contributed by atoms with Gasteiger partial charge in [0.1, 0.15) is 11.5 Å². The Hall–Kier alpha value is -3.19. The van der Waals surface area contributed by atoms with Crippen LogP contribution in [0.2, 0.25) is 5.02 Å². The molecular weight excluding hydrogens is 373 g/mol. The maximum absolute atomic E-state index is 13.1. The number of nitrogens with zero attached hydrogens (tertiary/aromatic N) is 2. The predicted octanol–water partition coefficient (Wildman–Crippen LogP) is 3.68. The van der Waals surface area contributed by atoms with Crippen molar-refractivity contribution in [2.24, 2.45) is 0 Å². The number of anilines is 1. The van der Waals surface area contributed by atoms with Crippen LogP contribution in [-0.4, -0.2) is 22.3 Å². The monoisotopic (exact) mass is 387 g/mol. The highest BCUT2D eigenvalue weighted by Gasteiger charge is 2.15. The summed E-state index contributed by atoms with van der Waals surface area (Å²) in [6, 6.07) is 12.7. The maximum Gasteiger partial charge on any atom is 0.276 e. The van der Waals surface area contributed by atoms with Gasteiger partial charge in [-0.15, -0.1) is 0 Å². The smallest absolute Gasteiger partial charge is 0.276 e. The third-order valence-electron chi connectivity index (χ3n) is 3.61. The van der Waals surface area contributed by atoms with Crippen molar-refractivity contribution in [3.8, 4) is 11.4 Å². The summed E-state index contributed by atoms with van der Waals surface area (Å²) in [6.45, 7) is 2.18. The number of rotatable bonds is 5. The van der Waals surface area contributed by atoms with Gasteiger partial charge in [0, 0.05) is 6.07 Å². The molecule has 27 heavy (non-hydrogen) atoms. The van der Waals surface area contributed by atoms with Crippen molar-refractivity contribution in [3.63, 3.8) is 0 Å². The largest absolute Gasteiger partial charge is 0.490 e. The lowest BCUT2D eigenvalue weighted by Gasteiger charge is -2.13. The zero-order chi connectivity index (χ0) is 19.4. The first-order valence-corrected chi connectivity index (χ1v) is 8.46. The summed E-state index contributed by atoms with van der Waals surface area (Å²) in [4.78, 5) is 24.6. The number of benzene rings is 2. The van der Waals surface area contributed by atoms with Crippen molar-refractivity contribution < 1.29 is 13.9 Å². The van der Waals surface area contributed by atoms with Crippen LogP contribution in [0.1, 0.15) is 17.4 Å². The van der Waals surface area contributed by atoms with Crippen LogP contribution < -0.4 is 15.6 Å². The number of aromatic nitrogens is 2. The lowest BCUT2D eigenvalue weighted by Crippen LogP contribution is -2.25. The minimum absolute atomic E-state index is 0.00125.